The lowest BCUT2D eigenvalue weighted by atomic mass is 9.95. The van der Waals surface area contributed by atoms with Gasteiger partial charge in [-0.05, 0) is 50.3 Å². The topological polar surface area (TPSA) is 52.7 Å². The van der Waals surface area contributed by atoms with Crippen LogP contribution in [0, 0.1) is 5.92 Å². The molecule has 2 fully saturated rings. The zero-order valence-corrected chi connectivity index (χ0v) is 18.3. The summed E-state index contributed by atoms with van der Waals surface area (Å²) in [5.74, 6) is 1.01. The predicted molar refractivity (Wildman–Crippen MR) is 115 cm³/mol. The first-order valence-corrected chi connectivity index (χ1v) is 10.7. The molecule has 2 aliphatic heterocycles. The number of hydrogen-bond donors (Lipinski definition) is 1. The Morgan fingerprint density at radius 3 is 2.25 bits per heavy atom. The number of benzene rings is 1. The first kappa shape index (κ1) is 23.0. The number of carbonyl (C=O) groups is 2. The third-order valence-corrected chi connectivity index (χ3v) is 6.40. The van der Waals surface area contributed by atoms with E-state index in [1.807, 2.05) is 24.1 Å². The van der Waals surface area contributed by atoms with E-state index in [-0.39, 0.29) is 11.8 Å². The Bertz CT molecular complexity index is 617. The van der Waals surface area contributed by atoms with E-state index >= 15 is 0 Å². The van der Waals surface area contributed by atoms with Gasteiger partial charge in [0.05, 0.1) is 10.0 Å². The van der Waals surface area contributed by atoms with Crippen LogP contribution in [-0.4, -0.2) is 60.9 Å². The molecule has 2 amide bonds. The number of likely N-dealkylation sites (tertiary alicyclic amines) is 1. The lowest BCUT2D eigenvalue weighted by molar-refractivity contribution is -0.130. The Morgan fingerprint density at radius 2 is 1.79 bits per heavy atom. The molecule has 0 radical (unpaired) electrons. The monoisotopic (exact) mass is 427 g/mol. The minimum Gasteiger partial charge on any atom is -0.356 e. The fraction of sp³-hybridized carbons (Fsp3) is 0.619. The van der Waals surface area contributed by atoms with E-state index in [1.165, 1.54) is 6.42 Å². The first-order chi connectivity index (χ1) is 13.4. The summed E-state index contributed by atoms with van der Waals surface area (Å²) in [7, 11) is 1.91. The Hall–Kier alpha value is -1.30. The summed E-state index contributed by atoms with van der Waals surface area (Å²) in [6, 6.07) is 7.61. The molecule has 3 rings (SSSR count). The van der Waals surface area contributed by atoms with Crippen LogP contribution in [0.15, 0.2) is 24.3 Å². The summed E-state index contributed by atoms with van der Waals surface area (Å²) >= 11 is 11.2. The highest BCUT2D eigenvalue weighted by molar-refractivity contribution is 6.41. The van der Waals surface area contributed by atoms with Crippen molar-refractivity contribution in [3.63, 3.8) is 0 Å². The van der Waals surface area contributed by atoms with E-state index < -0.39 is 0 Å². The number of amides is 2. The van der Waals surface area contributed by atoms with Crippen molar-refractivity contribution in [3.8, 4) is 0 Å². The second-order valence-corrected chi connectivity index (χ2v) is 8.43. The molecule has 7 heteroatoms. The lowest BCUT2D eigenvalue weighted by Gasteiger charge is -2.37. The molecule has 28 heavy (non-hydrogen) atoms. The van der Waals surface area contributed by atoms with Gasteiger partial charge in [-0.15, -0.1) is 0 Å². The van der Waals surface area contributed by atoms with Gasteiger partial charge in [0.2, 0.25) is 11.8 Å². The maximum absolute atomic E-state index is 11.4. The molecule has 2 aliphatic rings. The maximum atomic E-state index is 11.4. The van der Waals surface area contributed by atoms with Gasteiger partial charge < -0.3 is 15.1 Å². The van der Waals surface area contributed by atoms with Gasteiger partial charge in [0.1, 0.15) is 0 Å². The zero-order chi connectivity index (χ0) is 20.5. The summed E-state index contributed by atoms with van der Waals surface area (Å²) in [5, 5.41) is 4.16. The minimum absolute atomic E-state index is 0.168. The molecular formula is C21H31Cl2N3O2. The van der Waals surface area contributed by atoms with Crippen molar-refractivity contribution >= 4 is 35.0 Å². The van der Waals surface area contributed by atoms with Crippen molar-refractivity contribution in [2.75, 3.05) is 33.2 Å². The number of rotatable bonds is 4. The number of hydrogen-bond acceptors (Lipinski definition) is 3. The van der Waals surface area contributed by atoms with E-state index in [1.54, 1.807) is 19.1 Å². The largest absolute Gasteiger partial charge is 0.356 e. The molecule has 1 aromatic rings. The highest BCUT2D eigenvalue weighted by Gasteiger charge is 2.24. The molecule has 1 unspecified atom stereocenters. The molecule has 2 saturated heterocycles. The standard InChI is InChI=1S/C15H27N3O2.C6H4Cl2/c1-12(19)17(2)14-6-9-18(10-7-14)8-5-13-3-4-15(20)16-11-13;7-5-3-1-2-4-6(5)8/h13-14H,3-11H2,1-2H3,(H,16,20);1-4H. The van der Waals surface area contributed by atoms with Gasteiger partial charge in [-0.3, -0.25) is 9.59 Å². The van der Waals surface area contributed by atoms with Crippen LogP contribution in [-0.2, 0) is 9.59 Å². The summed E-state index contributed by atoms with van der Waals surface area (Å²) < 4.78 is 0. The van der Waals surface area contributed by atoms with Crippen LogP contribution < -0.4 is 5.32 Å². The van der Waals surface area contributed by atoms with Crippen LogP contribution in [0.1, 0.15) is 39.0 Å². The van der Waals surface area contributed by atoms with Crippen LogP contribution >= 0.6 is 23.2 Å². The fourth-order valence-corrected chi connectivity index (χ4v) is 3.89. The normalized spacial score (nSPS) is 20.7. The van der Waals surface area contributed by atoms with Crippen molar-refractivity contribution < 1.29 is 9.59 Å². The van der Waals surface area contributed by atoms with Gasteiger partial charge in [0.15, 0.2) is 0 Å². The van der Waals surface area contributed by atoms with Crippen LogP contribution in [0.5, 0.6) is 0 Å². The molecular weight excluding hydrogens is 397 g/mol. The average Bonchev–Trinajstić information content (AvgIpc) is 2.70. The van der Waals surface area contributed by atoms with Gasteiger partial charge in [0, 0.05) is 46.1 Å². The van der Waals surface area contributed by atoms with Crippen LogP contribution in [0.3, 0.4) is 0 Å². The molecule has 1 N–H and O–H groups in total. The number of piperidine rings is 2. The Balaban J connectivity index is 0.000000292. The second kappa shape index (κ2) is 11.6. The Morgan fingerprint density at radius 1 is 1.18 bits per heavy atom. The van der Waals surface area contributed by atoms with E-state index in [4.69, 9.17) is 23.2 Å². The summed E-state index contributed by atoms with van der Waals surface area (Å²) in [5.41, 5.74) is 0. The summed E-state index contributed by atoms with van der Waals surface area (Å²) in [4.78, 5) is 26.9. The number of carbonyl (C=O) groups excluding carboxylic acids is 2. The van der Waals surface area contributed by atoms with Crippen molar-refractivity contribution in [3.05, 3.63) is 34.3 Å². The molecule has 2 heterocycles. The number of nitrogens with one attached hydrogen (secondary N) is 1. The van der Waals surface area contributed by atoms with Gasteiger partial charge in [-0.1, -0.05) is 35.3 Å². The molecule has 0 bridgehead atoms. The van der Waals surface area contributed by atoms with Crippen molar-refractivity contribution in [2.45, 2.75) is 45.1 Å². The van der Waals surface area contributed by atoms with Crippen molar-refractivity contribution in [2.24, 2.45) is 5.92 Å². The summed E-state index contributed by atoms with van der Waals surface area (Å²) in [6.45, 7) is 5.78. The molecule has 0 saturated carbocycles. The van der Waals surface area contributed by atoms with Gasteiger partial charge >= 0.3 is 0 Å². The Labute approximate surface area is 178 Å². The van der Waals surface area contributed by atoms with Gasteiger partial charge in [-0.2, -0.15) is 0 Å². The number of halogens is 2. The van der Waals surface area contributed by atoms with E-state index in [0.29, 0.717) is 28.4 Å². The molecule has 5 nitrogen and oxygen atoms in total. The summed E-state index contributed by atoms with van der Waals surface area (Å²) in [6.07, 6.45) is 5.06. The fourth-order valence-electron chi connectivity index (χ4n) is 3.62. The third kappa shape index (κ3) is 7.61. The molecule has 1 atom stereocenters. The second-order valence-electron chi connectivity index (χ2n) is 7.61. The highest BCUT2D eigenvalue weighted by Crippen LogP contribution is 2.20. The highest BCUT2D eigenvalue weighted by atomic mass is 35.5. The molecule has 0 aromatic heterocycles. The smallest absolute Gasteiger partial charge is 0.220 e. The number of nitrogens with zero attached hydrogens (tertiary/aromatic N) is 2. The first-order valence-electron chi connectivity index (χ1n) is 9.99. The molecule has 156 valence electrons. The quantitative estimate of drug-likeness (QED) is 0.793. The van der Waals surface area contributed by atoms with Gasteiger partial charge in [0.25, 0.3) is 0 Å². The SMILES string of the molecule is CC(=O)N(C)C1CCN(CCC2CCC(=O)NC2)CC1.Clc1ccccc1Cl. The molecule has 0 spiro atoms. The average molecular weight is 428 g/mol. The third-order valence-electron chi connectivity index (χ3n) is 5.65. The van der Waals surface area contributed by atoms with E-state index in [9.17, 15) is 9.59 Å². The lowest BCUT2D eigenvalue weighted by Crippen LogP contribution is -2.45. The van der Waals surface area contributed by atoms with E-state index in [0.717, 1.165) is 45.4 Å². The van der Waals surface area contributed by atoms with Crippen molar-refractivity contribution in [1.29, 1.82) is 0 Å². The minimum atomic E-state index is 0.168. The van der Waals surface area contributed by atoms with Crippen LogP contribution in [0.2, 0.25) is 10.0 Å². The zero-order valence-electron chi connectivity index (χ0n) is 16.8. The predicted octanol–water partition coefficient (Wildman–Crippen LogP) is 3.84. The van der Waals surface area contributed by atoms with Crippen LogP contribution in [0.4, 0.5) is 0 Å². The van der Waals surface area contributed by atoms with Gasteiger partial charge in [-0.25, -0.2) is 0 Å². The maximum Gasteiger partial charge on any atom is 0.220 e. The van der Waals surface area contributed by atoms with Crippen molar-refractivity contribution in [1.82, 2.24) is 15.1 Å². The molecule has 0 aliphatic carbocycles. The Kier molecular flexibility index (Phi) is 9.56. The molecule has 1 aromatic carbocycles. The van der Waals surface area contributed by atoms with E-state index in [2.05, 4.69) is 10.2 Å². The van der Waals surface area contributed by atoms with Crippen LogP contribution in [0.25, 0.3) is 0 Å².